The van der Waals surface area contributed by atoms with Gasteiger partial charge in [0.2, 0.25) is 0 Å². The van der Waals surface area contributed by atoms with Gasteiger partial charge in [-0.15, -0.1) is 24.0 Å². The lowest BCUT2D eigenvalue weighted by Crippen LogP contribution is -2.26. The standard InChI is InChI=1S/C12H25NO4.HI/c1-11(13(2)3)5-7-16-9-10-17-8-6-12(14)15-4;/h11H,5-10H2,1-4H3;1H. The summed E-state index contributed by atoms with van der Waals surface area (Å²) in [5, 5.41) is 0. The molecule has 1 unspecified atom stereocenters. The van der Waals surface area contributed by atoms with Gasteiger partial charge in [-0.3, -0.25) is 4.79 Å². The van der Waals surface area contributed by atoms with Crippen molar-refractivity contribution < 1.29 is 19.0 Å². The molecular formula is C12H26INO4. The van der Waals surface area contributed by atoms with Crippen molar-refractivity contribution in [2.75, 3.05) is 47.6 Å². The highest BCUT2D eigenvalue weighted by atomic mass is 127. The predicted molar refractivity (Wildman–Crippen MR) is 81.5 cm³/mol. The van der Waals surface area contributed by atoms with Gasteiger partial charge in [0.1, 0.15) is 0 Å². The zero-order valence-corrected chi connectivity index (χ0v) is 14.1. The molecule has 0 aromatic heterocycles. The smallest absolute Gasteiger partial charge is 0.307 e. The van der Waals surface area contributed by atoms with Crippen molar-refractivity contribution in [3.05, 3.63) is 0 Å². The lowest BCUT2D eigenvalue weighted by atomic mass is 10.2. The molecule has 0 rings (SSSR count). The van der Waals surface area contributed by atoms with Crippen LogP contribution < -0.4 is 0 Å². The van der Waals surface area contributed by atoms with Gasteiger partial charge in [0, 0.05) is 12.6 Å². The Morgan fingerprint density at radius 1 is 1.11 bits per heavy atom. The Kier molecular flexibility index (Phi) is 15.3. The Bertz CT molecular complexity index is 203. The van der Waals surface area contributed by atoms with Gasteiger partial charge >= 0.3 is 5.97 Å². The minimum Gasteiger partial charge on any atom is -0.469 e. The maximum Gasteiger partial charge on any atom is 0.307 e. The van der Waals surface area contributed by atoms with Gasteiger partial charge in [-0.2, -0.15) is 0 Å². The van der Waals surface area contributed by atoms with Crippen LogP contribution in [0.15, 0.2) is 0 Å². The van der Waals surface area contributed by atoms with Gasteiger partial charge in [-0.05, 0) is 27.4 Å². The van der Waals surface area contributed by atoms with Crippen LogP contribution in [0.2, 0.25) is 0 Å². The molecule has 0 spiro atoms. The number of ether oxygens (including phenoxy) is 3. The molecule has 0 saturated heterocycles. The van der Waals surface area contributed by atoms with Crippen molar-refractivity contribution >= 4 is 29.9 Å². The first kappa shape index (κ1) is 20.4. The van der Waals surface area contributed by atoms with Crippen LogP contribution in [0.1, 0.15) is 19.8 Å². The molecule has 0 radical (unpaired) electrons. The third-order valence-electron chi connectivity index (χ3n) is 2.61. The molecule has 5 nitrogen and oxygen atoms in total. The summed E-state index contributed by atoms with van der Waals surface area (Å²) >= 11 is 0. The predicted octanol–water partition coefficient (Wildman–Crippen LogP) is 1.54. The van der Waals surface area contributed by atoms with Gasteiger partial charge in [0.05, 0.1) is 33.4 Å². The molecule has 0 saturated carbocycles. The van der Waals surface area contributed by atoms with E-state index in [1.807, 2.05) is 0 Å². The van der Waals surface area contributed by atoms with Gasteiger partial charge < -0.3 is 19.1 Å². The molecule has 0 aromatic carbocycles. The molecule has 0 aliphatic carbocycles. The van der Waals surface area contributed by atoms with Gasteiger partial charge in [0.25, 0.3) is 0 Å². The maximum atomic E-state index is 10.7. The number of hydrogen-bond acceptors (Lipinski definition) is 5. The summed E-state index contributed by atoms with van der Waals surface area (Å²) < 4.78 is 15.1. The number of nitrogens with zero attached hydrogens (tertiary/aromatic N) is 1. The lowest BCUT2D eigenvalue weighted by Gasteiger charge is -2.19. The maximum absolute atomic E-state index is 10.7. The highest BCUT2D eigenvalue weighted by molar-refractivity contribution is 14.0. The summed E-state index contributed by atoms with van der Waals surface area (Å²) in [6.07, 6.45) is 1.31. The highest BCUT2D eigenvalue weighted by Gasteiger charge is 2.03. The summed E-state index contributed by atoms with van der Waals surface area (Å²) in [5.74, 6) is -0.245. The van der Waals surface area contributed by atoms with Crippen molar-refractivity contribution in [2.24, 2.45) is 0 Å². The van der Waals surface area contributed by atoms with Crippen LogP contribution in [0, 0.1) is 0 Å². The topological polar surface area (TPSA) is 48.0 Å². The molecule has 0 bridgehead atoms. The zero-order valence-electron chi connectivity index (χ0n) is 11.8. The quantitative estimate of drug-likeness (QED) is 0.329. The molecule has 0 fully saturated rings. The second-order valence-electron chi connectivity index (χ2n) is 4.15. The van der Waals surface area contributed by atoms with Crippen molar-refractivity contribution in [3.63, 3.8) is 0 Å². The summed E-state index contributed by atoms with van der Waals surface area (Å²) in [6, 6.07) is 0.523. The van der Waals surface area contributed by atoms with E-state index in [0.29, 0.717) is 32.3 Å². The third kappa shape index (κ3) is 12.5. The highest BCUT2D eigenvalue weighted by Crippen LogP contribution is 1.98. The second kappa shape index (κ2) is 13.5. The SMILES string of the molecule is COC(=O)CCOCCOCCC(C)N(C)C.I. The van der Waals surface area contributed by atoms with Gasteiger partial charge in [-0.25, -0.2) is 0 Å². The molecule has 18 heavy (non-hydrogen) atoms. The Hall–Kier alpha value is 0.0800. The molecule has 1 atom stereocenters. The fourth-order valence-corrected chi connectivity index (χ4v) is 1.09. The fourth-order valence-electron chi connectivity index (χ4n) is 1.09. The lowest BCUT2D eigenvalue weighted by molar-refractivity contribution is -0.141. The van der Waals surface area contributed by atoms with E-state index < -0.39 is 0 Å². The van der Waals surface area contributed by atoms with Gasteiger partial charge in [0.15, 0.2) is 0 Å². The number of hydrogen-bond donors (Lipinski definition) is 0. The first-order valence-electron chi connectivity index (χ1n) is 5.96. The van der Waals surface area contributed by atoms with Crippen LogP contribution in [-0.4, -0.2) is 64.5 Å². The zero-order chi connectivity index (χ0) is 13.1. The van der Waals surface area contributed by atoms with Crippen LogP contribution in [0.25, 0.3) is 0 Å². The van der Waals surface area contributed by atoms with E-state index in [1.165, 1.54) is 7.11 Å². The first-order valence-corrected chi connectivity index (χ1v) is 5.96. The Morgan fingerprint density at radius 2 is 1.67 bits per heavy atom. The van der Waals surface area contributed by atoms with Crippen molar-refractivity contribution in [2.45, 2.75) is 25.8 Å². The number of rotatable bonds is 10. The van der Waals surface area contributed by atoms with Crippen LogP contribution in [0.5, 0.6) is 0 Å². The Labute approximate surface area is 127 Å². The second-order valence-corrected chi connectivity index (χ2v) is 4.15. The molecule has 0 aliphatic rings. The van der Waals surface area contributed by atoms with Crippen LogP contribution >= 0.6 is 24.0 Å². The first-order chi connectivity index (χ1) is 8.07. The molecule has 0 amide bonds. The molecule has 0 N–H and O–H groups in total. The van der Waals surface area contributed by atoms with E-state index in [1.54, 1.807) is 0 Å². The van der Waals surface area contributed by atoms with Gasteiger partial charge in [-0.1, -0.05) is 0 Å². The van der Waals surface area contributed by atoms with Crippen molar-refractivity contribution in [1.29, 1.82) is 0 Å². The average molecular weight is 375 g/mol. The molecule has 0 aromatic rings. The van der Waals surface area contributed by atoms with Crippen LogP contribution in [0.3, 0.4) is 0 Å². The number of carbonyl (C=O) groups is 1. The fraction of sp³-hybridized carbons (Fsp3) is 0.917. The number of esters is 1. The van der Waals surface area contributed by atoms with E-state index in [2.05, 4.69) is 30.7 Å². The Balaban J connectivity index is 0. The van der Waals surface area contributed by atoms with Crippen molar-refractivity contribution in [3.8, 4) is 0 Å². The number of carbonyl (C=O) groups excluding carboxylic acids is 1. The molecule has 6 heteroatoms. The molecule has 0 aliphatic heterocycles. The summed E-state index contributed by atoms with van der Waals surface area (Å²) in [6.45, 7) is 4.38. The van der Waals surface area contributed by atoms with E-state index in [-0.39, 0.29) is 29.9 Å². The summed E-state index contributed by atoms with van der Waals surface area (Å²) in [4.78, 5) is 12.9. The summed E-state index contributed by atoms with van der Waals surface area (Å²) in [5.41, 5.74) is 0. The average Bonchev–Trinajstić information content (AvgIpc) is 2.31. The monoisotopic (exact) mass is 375 g/mol. The molecular weight excluding hydrogens is 349 g/mol. The molecule has 0 heterocycles. The van der Waals surface area contributed by atoms with E-state index in [4.69, 9.17) is 9.47 Å². The number of methoxy groups -OCH3 is 1. The van der Waals surface area contributed by atoms with Crippen molar-refractivity contribution in [1.82, 2.24) is 4.90 Å². The van der Waals surface area contributed by atoms with E-state index >= 15 is 0 Å². The normalized spacial score (nSPS) is 12.1. The van der Waals surface area contributed by atoms with E-state index in [0.717, 1.165) is 13.0 Å². The van der Waals surface area contributed by atoms with Crippen LogP contribution in [0.4, 0.5) is 0 Å². The van der Waals surface area contributed by atoms with E-state index in [9.17, 15) is 4.79 Å². The minimum atomic E-state index is -0.245. The molecule has 110 valence electrons. The Morgan fingerprint density at radius 3 is 2.17 bits per heavy atom. The largest absolute Gasteiger partial charge is 0.469 e. The summed E-state index contributed by atoms with van der Waals surface area (Å²) in [7, 11) is 5.48. The number of halogens is 1. The third-order valence-corrected chi connectivity index (χ3v) is 2.61. The van der Waals surface area contributed by atoms with Crippen LogP contribution in [-0.2, 0) is 19.0 Å². The minimum absolute atomic E-state index is 0.